The predicted molar refractivity (Wildman–Crippen MR) is 181 cm³/mol. The van der Waals surface area contributed by atoms with Crippen molar-refractivity contribution >= 4 is 23.6 Å². The minimum absolute atomic E-state index is 0.0365. The third kappa shape index (κ3) is 7.69. The van der Waals surface area contributed by atoms with Crippen LogP contribution in [0.3, 0.4) is 0 Å². The molecule has 12 nitrogen and oxygen atoms in total. The topological polar surface area (TPSA) is 148 Å². The Kier molecular flexibility index (Phi) is 10.2. The van der Waals surface area contributed by atoms with Crippen molar-refractivity contribution in [2.45, 2.75) is 76.0 Å². The number of urea groups is 1. The number of carbonyl (C=O) groups is 1. The molecule has 2 fully saturated rings. The molecule has 244 valence electrons. The van der Waals surface area contributed by atoms with Crippen LogP contribution in [-0.2, 0) is 13.6 Å². The first-order chi connectivity index (χ1) is 23.0. The number of benzene rings is 1. The van der Waals surface area contributed by atoms with Gasteiger partial charge in [0.25, 0.3) is 0 Å². The van der Waals surface area contributed by atoms with Crippen molar-refractivity contribution in [2.75, 3.05) is 28.3 Å². The zero-order valence-electron chi connectivity index (χ0n) is 26.8. The summed E-state index contributed by atoms with van der Waals surface area (Å²) in [5, 5.41) is 30.3. The summed E-state index contributed by atoms with van der Waals surface area (Å²) in [7, 11) is 1.88. The molecule has 1 atom stereocenters. The van der Waals surface area contributed by atoms with Crippen LogP contribution in [0.25, 0.3) is 11.1 Å². The standard InChI is InChI=1S/C35H42N10O2/c1-43-24-28(23-40-43)26-10-15-32(37-21-26)45(35(47)39-20-25-7-3-2-4-8-25)31-13-11-29(12-14-31)41-34-38-22-27(19-36)33(42-34)44-17-6-5-9-30(44)16-18-46/h2-4,7-8,10,15,21-24,29-31,46H,5-6,9,11-14,16-18,20H2,1H3,(H,39,47)(H,38,41,42)/t29-,30?,31-. The maximum Gasteiger partial charge on any atom is 0.323 e. The van der Waals surface area contributed by atoms with Gasteiger partial charge in [-0.15, -0.1) is 0 Å². The molecule has 12 heteroatoms. The van der Waals surface area contributed by atoms with Gasteiger partial charge in [0.2, 0.25) is 5.95 Å². The molecule has 1 saturated heterocycles. The average Bonchev–Trinajstić information content (AvgIpc) is 3.55. The van der Waals surface area contributed by atoms with Crippen LogP contribution in [0.4, 0.5) is 22.4 Å². The normalized spacial score (nSPS) is 19.5. The Balaban J connectivity index is 1.15. The molecule has 0 radical (unpaired) electrons. The molecular formula is C35H42N10O2. The highest BCUT2D eigenvalue weighted by Crippen LogP contribution is 2.31. The van der Waals surface area contributed by atoms with Crippen LogP contribution in [0.2, 0.25) is 0 Å². The molecule has 0 bridgehead atoms. The van der Waals surface area contributed by atoms with Crippen LogP contribution in [0.5, 0.6) is 0 Å². The number of aliphatic hydroxyl groups is 1. The summed E-state index contributed by atoms with van der Waals surface area (Å²) in [4.78, 5) is 31.8. The smallest absolute Gasteiger partial charge is 0.323 e. The maximum atomic E-state index is 13.7. The Morgan fingerprint density at radius 2 is 1.85 bits per heavy atom. The molecule has 0 spiro atoms. The summed E-state index contributed by atoms with van der Waals surface area (Å²) in [6, 6.07) is 16.1. The number of piperidine rings is 1. The first-order valence-corrected chi connectivity index (χ1v) is 16.5. The van der Waals surface area contributed by atoms with E-state index in [4.69, 9.17) is 9.97 Å². The Bertz CT molecular complexity index is 1660. The number of hydrogen-bond acceptors (Lipinski definition) is 9. The lowest BCUT2D eigenvalue weighted by Crippen LogP contribution is -2.49. The third-order valence-corrected chi connectivity index (χ3v) is 9.18. The zero-order valence-corrected chi connectivity index (χ0v) is 26.8. The van der Waals surface area contributed by atoms with Crippen molar-refractivity contribution in [2.24, 2.45) is 7.05 Å². The van der Waals surface area contributed by atoms with Gasteiger partial charge in [-0.05, 0) is 69.1 Å². The Morgan fingerprint density at radius 1 is 1.02 bits per heavy atom. The molecule has 1 aliphatic heterocycles. The predicted octanol–water partition coefficient (Wildman–Crippen LogP) is 5.02. The maximum absolute atomic E-state index is 13.7. The monoisotopic (exact) mass is 634 g/mol. The van der Waals surface area contributed by atoms with Crippen molar-refractivity contribution in [3.05, 3.63) is 78.4 Å². The van der Waals surface area contributed by atoms with E-state index in [-0.39, 0.29) is 30.8 Å². The lowest BCUT2D eigenvalue weighted by Gasteiger charge is -2.37. The van der Waals surface area contributed by atoms with E-state index in [1.54, 1.807) is 28.2 Å². The van der Waals surface area contributed by atoms with E-state index in [1.807, 2.05) is 55.7 Å². The molecule has 4 aromatic rings. The molecular weight excluding hydrogens is 592 g/mol. The summed E-state index contributed by atoms with van der Waals surface area (Å²) in [6.45, 7) is 1.34. The van der Waals surface area contributed by atoms with Gasteiger partial charge in [-0.1, -0.05) is 30.3 Å². The van der Waals surface area contributed by atoms with Crippen molar-refractivity contribution < 1.29 is 9.90 Å². The van der Waals surface area contributed by atoms with E-state index in [1.165, 1.54) is 0 Å². The molecule has 47 heavy (non-hydrogen) atoms. The molecule has 3 N–H and O–H groups in total. The van der Waals surface area contributed by atoms with Crippen molar-refractivity contribution in [1.29, 1.82) is 5.26 Å². The highest BCUT2D eigenvalue weighted by atomic mass is 16.3. The molecule has 6 rings (SSSR count). The lowest BCUT2D eigenvalue weighted by molar-refractivity contribution is 0.240. The second-order valence-corrected chi connectivity index (χ2v) is 12.4. The van der Waals surface area contributed by atoms with E-state index in [0.717, 1.165) is 68.2 Å². The second-order valence-electron chi connectivity index (χ2n) is 12.4. The number of nitrogens with one attached hydrogen (secondary N) is 2. The molecule has 1 aromatic carbocycles. The number of nitrogens with zero attached hydrogens (tertiary/aromatic N) is 8. The Labute approximate surface area is 275 Å². The van der Waals surface area contributed by atoms with Crippen LogP contribution in [-0.4, -0.2) is 67.1 Å². The van der Waals surface area contributed by atoms with E-state index in [0.29, 0.717) is 36.1 Å². The number of rotatable bonds is 10. The van der Waals surface area contributed by atoms with E-state index in [9.17, 15) is 15.2 Å². The van der Waals surface area contributed by atoms with Crippen LogP contribution < -0.4 is 20.4 Å². The number of aliphatic hydroxyl groups excluding tert-OH is 1. The second kappa shape index (κ2) is 15.0. The number of pyridine rings is 1. The summed E-state index contributed by atoms with van der Waals surface area (Å²) in [5.74, 6) is 1.75. The van der Waals surface area contributed by atoms with Gasteiger partial charge in [-0.3, -0.25) is 9.58 Å². The van der Waals surface area contributed by atoms with Crippen LogP contribution in [0.1, 0.15) is 62.5 Å². The Hall–Kier alpha value is -5.02. The van der Waals surface area contributed by atoms with Gasteiger partial charge >= 0.3 is 6.03 Å². The van der Waals surface area contributed by atoms with Gasteiger partial charge in [-0.2, -0.15) is 15.3 Å². The van der Waals surface area contributed by atoms with Gasteiger partial charge in [0.1, 0.15) is 17.5 Å². The summed E-state index contributed by atoms with van der Waals surface area (Å²) < 4.78 is 1.75. The number of anilines is 3. The summed E-state index contributed by atoms with van der Waals surface area (Å²) in [6.07, 6.45) is 14.1. The number of aryl methyl sites for hydroxylation is 1. The van der Waals surface area contributed by atoms with Crippen molar-refractivity contribution in [3.8, 4) is 17.2 Å². The highest BCUT2D eigenvalue weighted by Gasteiger charge is 2.32. The van der Waals surface area contributed by atoms with Crippen molar-refractivity contribution in [1.82, 2.24) is 30.0 Å². The lowest BCUT2D eigenvalue weighted by atomic mass is 9.90. The number of nitriles is 1. The number of carbonyl (C=O) groups excluding carboxylic acids is 1. The third-order valence-electron chi connectivity index (χ3n) is 9.18. The van der Waals surface area contributed by atoms with Crippen LogP contribution in [0, 0.1) is 11.3 Å². The largest absolute Gasteiger partial charge is 0.396 e. The molecule has 1 aliphatic carbocycles. The fourth-order valence-electron chi connectivity index (χ4n) is 6.71. The molecule has 2 amide bonds. The quantitative estimate of drug-likeness (QED) is 0.219. The first kappa shape index (κ1) is 31.9. The van der Waals surface area contributed by atoms with Gasteiger partial charge in [0.05, 0.1) is 12.4 Å². The summed E-state index contributed by atoms with van der Waals surface area (Å²) in [5.41, 5.74) is 3.38. The van der Waals surface area contributed by atoms with Crippen LogP contribution >= 0.6 is 0 Å². The molecule has 2 aliphatic rings. The minimum Gasteiger partial charge on any atom is -0.396 e. The number of hydrogen-bond donors (Lipinski definition) is 3. The highest BCUT2D eigenvalue weighted by molar-refractivity contribution is 5.91. The van der Waals surface area contributed by atoms with Crippen molar-refractivity contribution in [3.63, 3.8) is 0 Å². The fourth-order valence-corrected chi connectivity index (χ4v) is 6.71. The molecule has 4 heterocycles. The van der Waals surface area contributed by atoms with E-state index >= 15 is 0 Å². The van der Waals surface area contributed by atoms with Gasteiger partial charge in [-0.25, -0.2) is 14.8 Å². The van der Waals surface area contributed by atoms with Gasteiger partial charge in [0, 0.05) is 68.4 Å². The van der Waals surface area contributed by atoms with Crippen LogP contribution in [0.15, 0.2) is 67.3 Å². The fraction of sp³-hybridized carbons (Fsp3) is 0.429. The number of amides is 2. The van der Waals surface area contributed by atoms with Gasteiger partial charge < -0.3 is 20.6 Å². The molecule has 3 aromatic heterocycles. The molecule has 1 unspecified atom stereocenters. The summed E-state index contributed by atoms with van der Waals surface area (Å²) >= 11 is 0. The zero-order chi connectivity index (χ0) is 32.6. The number of aromatic nitrogens is 5. The molecule has 1 saturated carbocycles. The van der Waals surface area contributed by atoms with E-state index in [2.05, 4.69) is 31.7 Å². The van der Waals surface area contributed by atoms with Gasteiger partial charge in [0.15, 0.2) is 5.82 Å². The SMILES string of the molecule is Cn1cc(-c2ccc(N(C(=O)NCc3ccccc3)[C@H]3CC[C@H](Nc4ncc(C#N)c(N5CCCCC5CCO)n4)CC3)nc2)cn1. The minimum atomic E-state index is -0.175. The first-order valence-electron chi connectivity index (χ1n) is 16.5. The Morgan fingerprint density at radius 3 is 2.55 bits per heavy atom. The van der Waals surface area contributed by atoms with E-state index < -0.39 is 0 Å². The average molecular weight is 635 g/mol.